The Kier molecular flexibility index (Phi) is 6.01. The maximum Gasteiger partial charge on any atom is 0.414 e. The number of nitrogens with zero attached hydrogens (tertiary/aromatic N) is 2. The standard InChI is InChI=1S/C19H16F3N3O4/c1-27-12-5-7-13(8-6-12)28-11-16-24-15(10-29-16)18(26)25-17(19(20,21)22)14-4-2-3-9-23-14/h2-10,17H,11H2,1H3,(H,25,26)/t17-/m1/s1. The van der Waals surface area contributed by atoms with Crippen LogP contribution < -0.4 is 14.8 Å². The van der Waals surface area contributed by atoms with E-state index in [1.165, 1.54) is 31.5 Å². The van der Waals surface area contributed by atoms with Crippen LogP contribution in [0.1, 0.15) is 28.1 Å². The number of benzene rings is 1. The molecule has 0 aliphatic rings. The van der Waals surface area contributed by atoms with E-state index in [2.05, 4.69) is 9.97 Å². The average molecular weight is 407 g/mol. The summed E-state index contributed by atoms with van der Waals surface area (Å²) in [5.74, 6) is 0.145. The molecule has 1 amide bonds. The first kappa shape index (κ1) is 20.2. The first-order valence-electron chi connectivity index (χ1n) is 8.36. The number of halogens is 3. The molecule has 0 bridgehead atoms. The van der Waals surface area contributed by atoms with Crippen molar-refractivity contribution in [3.63, 3.8) is 0 Å². The highest BCUT2D eigenvalue weighted by atomic mass is 19.4. The van der Waals surface area contributed by atoms with Crippen molar-refractivity contribution in [1.82, 2.24) is 15.3 Å². The molecule has 1 aromatic carbocycles. The summed E-state index contributed by atoms with van der Waals surface area (Å²) in [5, 5.41) is 1.89. The van der Waals surface area contributed by atoms with Gasteiger partial charge in [0.1, 0.15) is 17.8 Å². The van der Waals surface area contributed by atoms with Crippen molar-refractivity contribution < 1.29 is 31.9 Å². The third kappa shape index (κ3) is 5.24. The highest BCUT2D eigenvalue weighted by Gasteiger charge is 2.43. The third-order valence-corrected chi connectivity index (χ3v) is 3.79. The lowest BCUT2D eigenvalue weighted by atomic mass is 10.1. The smallest absolute Gasteiger partial charge is 0.414 e. The maximum atomic E-state index is 13.3. The number of carbonyl (C=O) groups is 1. The Hall–Kier alpha value is -3.56. The predicted molar refractivity (Wildman–Crippen MR) is 94.3 cm³/mol. The Morgan fingerprint density at radius 2 is 1.90 bits per heavy atom. The molecule has 0 fully saturated rings. The van der Waals surface area contributed by atoms with Crippen molar-refractivity contribution in [2.75, 3.05) is 7.11 Å². The van der Waals surface area contributed by atoms with Gasteiger partial charge in [0.15, 0.2) is 18.3 Å². The van der Waals surface area contributed by atoms with Crippen LogP contribution in [0, 0.1) is 0 Å². The van der Waals surface area contributed by atoms with E-state index in [0.29, 0.717) is 11.5 Å². The lowest BCUT2D eigenvalue weighted by Crippen LogP contribution is -2.38. The molecule has 10 heteroatoms. The van der Waals surface area contributed by atoms with Crippen LogP contribution in [0.25, 0.3) is 0 Å². The summed E-state index contributed by atoms with van der Waals surface area (Å²) < 4.78 is 55.6. The second-order valence-corrected chi connectivity index (χ2v) is 5.79. The fourth-order valence-electron chi connectivity index (χ4n) is 2.37. The zero-order chi connectivity index (χ0) is 20.9. The minimum atomic E-state index is -4.73. The van der Waals surface area contributed by atoms with Crippen molar-refractivity contribution in [1.29, 1.82) is 0 Å². The van der Waals surface area contributed by atoms with E-state index >= 15 is 0 Å². The van der Waals surface area contributed by atoms with E-state index in [-0.39, 0.29) is 23.9 Å². The second kappa shape index (κ2) is 8.63. The molecule has 3 aromatic rings. The second-order valence-electron chi connectivity index (χ2n) is 5.79. The monoisotopic (exact) mass is 407 g/mol. The molecule has 2 heterocycles. The van der Waals surface area contributed by atoms with Crippen molar-refractivity contribution in [3.05, 3.63) is 72.2 Å². The summed E-state index contributed by atoms with van der Waals surface area (Å²) in [5.41, 5.74) is -0.636. The molecule has 0 aliphatic heterocycles. The minimum Gasteiger partial charge on any atom is -0.497 e. The van der Waals surface area contributed by atoms with Gasteiger partial charge in [0.2, 0.25) is 5.89 Å². The summed E-state index contributed by atoms with van der Waals surface area (Å²) in [6, 6.07) is 8.49. The molecule has 152 valence electrons. The van der Waals surface area contributed by atoms with Gasteiger partial charge in [-0.2, -0.15) is 13.2 Å². The zero-order valence-electron chi connectivity index (χ0n) is 15.1. The molecule has 29 heavy (non-hydrogen) atoms. The van der Waals surface area contributed by atoms with Crippen LogP contribution in [0.15, 0.2) is 59.3 Å². The highest BCUT2D eigenvalue weighted by Crippen LogP contribution is 2.31. The van der Waals surface area contributed by atoms with Crippen molar-refractivity contribution in [2.45, 2.75) is 18.8 Å². The number of carbonyl (C=O) groups excluding carboxylic acids is 1. The molecule has 0 saturated heterocycles. The molecule has 0 unspecified atom stereocenters. The third-order valence-electron chi connectivity index (χ3n) is 3.79. The van der Waals surface area contributed by atoms with Gasteiger partial charge >= 0.3 is 6.18 Å². The Labute approximate surface area is 163 Å². The number of methoxy groups -OCH3 is 1. The molecular weight excluding hydrogens is 391 g/mol. The van der Waals surface area contributed by atoms with Crippen LogP contribution >= 0.6 is 0 Å². The Morgan fingerprint density at radius 3 is 2.52 bits per heavy atom. The van der Waals surface area contributed by atoms with Gasteiger partial charge in [-0.05, 0) is 36.4 Å². The lowest BCUT2D eigenvalue weighted by Gasteiger charge is -2.20. The summed E-state index contributed by atoms with van der Waals surface area (Å²) in [7, 11) is 1.53. The predicted octanol–water partition coefficient (Wildman–Crippen LogP) is 3.69. The van der Waals surface area contributed by atoms with Crippen LogP contribution in [-0.2, 0) is 6.61 Å². The Morgan fingerprint density at radius 1 is 1.17 bits per heavy atom. The number of rotatable bonds is 7. The van der Waals surface area contributed by atoms with Gasteiger partial charge in [0.05, 0.1) is 12.8 Å². The maximum absolute atomic E-state index is 13.3. The number of ether oxygens (including phenoxy) is 2. The van der Waals surface area contributed by atoms with Crippen LogP contribution in [-0.4, -0.2) is 29.2 Å². The van der Waals surface area contributed by atoms with E-state index in [9.17, 15) is 18.0 Å². The number of aromatic nitrogens is 2. The molecule has 2 aromatic heterocycles. The topological polar surface area (TPSA) is 86.5 Å². The SMILES string of the molecule is COc1ccc(OCc2nc(C(=O)N[C@H](c3ccccn3)C(F)(F)F)co2)cc1. The molecule has 0 spiro atoms. The van der Waals surface area contributed by atoms with Crippen LogP contribution in [0.4, 0.5) is 13.2 Å². The van der Waals surface area contributed by atoms with Gasteiger partial charge in [-0.25, -0.2) is 4.98 Å². The van der Waals surface area contributed by atoms with Gasteiger partial charge in [0.25, 0.3) is 5.91 Å². The van der Waals surface area contributed by atoms with E-state index in [0.717, 1.165) is 6.26 Å². The molecule has 0 aliphatic carbocycles. The highest BCUT2D eigenvalue weighted by molar-refractivity contribution is 5.92. The number of amides is 1. The molecule has 3 rings (SSSR count). The number of alkyl halides is 3. The number of pyridine rings is 1. The summed E-state index contributed by atoms with van der Waals surface area (Å²) >= 11 is 0. The van der Waals surface area contributed by atoms with Crippen LogP contribution in [0.3, 0.4) is 0 Å². The fourth-order valence-corrected chi connectivity index (χ4v) is 2.37. The van der Waals surface area contributed by atoms with Gasteiger partial charge in [-0.1, -0.05) is 6.07 Å². The quantitative estimate of drug-likeness (QED) is 0.643. The van der Waals surface area contributed by atoms with Crippen LogP contribution in [0.2, 0.25) is 0 Å². The first-order valence-corrected chi connectivity index (χ1v) is 8.36. The van der Waals surface area contributed by atoms with E-state index in [4.69, 9.17) is 13.9 Å². The number of nitrogens with one attached hydrogen (secondary N) is 1. The van der Waals surface area contributed by atoms with E-state index in [1.54, 1.807) is 24.3 Å². The zero-order valence-corrected chi connectivity index (χ0v) is 15.1. The number of hydrogen-bond acceptors (Lipinski definition) is 6. The number of hydrogen-bond donors (Lipinski definition) is 1. The minimum absolute atomic E-state index is 0.0346. The van der Waals surface area contributed by atoms with Crippen molar-refractivity contribution in [2.24, 2.45) is 0 Å². The fraction of sp³-hybridized carbons (Fsp3) is 0.211. The Balaban J connectivity index is 1.64. The lowest BCUT2D eigenvalue weighted by molar-refractivity contribution is -0.156. The molecule has 0 saturated carbocycles. The largest absolute Gasteiger partial charge is 0.497 e. The van der Waals surface area contributed by atoms with Crippen LogP contribution in [0.5, 0.6) is 11.5 Å². The van der Waals surface area contributed by atoms with Gasteiger partial charge in [-0.15, -0.1) is 0 Å². The van der Waals surface area contributed by atoms with E-state index < -0.39 is 18.1 Å². The molecular formula is C19H16F3N3O4. The summed E-state index contributed by atoms with van der Waals surface area (Å²) in [6.45, 7) is -0.109. The average Bonchev–Trinajstić information content (AvgIpc) is 3.19. The van der Waals surface area contributed by atoms with Gasteiger partial charge in [0, 0.05) is 6.20 Å². The Bertz CT molecular complexity index is 943. The van der Waals surface area contributed by atoms with Gasteiger partial charge < -0.3 is 19.2 Å². The van der Waals surface area contributed by atoms with Gasteiger partial charge in [-0.3, -0.25) is 9.78 Å². The molecule has 1 atom stereocenters. The van der Waals surface area contributed by atoms with E-state index in [1.807, 2.05) is 5.32 Å². The molecule has 1 N–H and O–H groups in total. The number of oxazole rings is 1. The summed E-state index contributed by atoms with van der Waals surface area (Å²) in [4.78, 5) is 19.8. The van der Waals surface area contributed by atoms with Crippen molar-refractivity contribution in [3.8, 4) is 11.5 Å². The molecule has 0 radical (unpaired) electrons. The van der Waals surface area contributed by atoms with Crippen molar-refractivity contribution >= 4 is 5.91 Å². The normalized spacial score (nSPS) is 12.3. The summed E-state index contributed by atoms with van der Waals surface area (Å²) in [6.07, 6.45) is -2.55. The molecule has 7 nitrogen and oxygen atoms in total. The first-order chi connectivity index (χ1) is 13.9.